The fourth-order valence-corrected chi connectivity index (χ4v) is 1.82. The Morgan fingerprint density at radius 1 is 1.29 bits per heavy atom. The van der Waals surface area contributed by atoms with E-state index in [2.05, 4.69) is 10.5 Å². The lowest BCUT2D eigenvalue weighted by atomic mass is 10.2. The van der Waals surface area contributed by atoms with Crippen LogP contribution < -0.4 is 15.2 Å². The highest BCUT2D eigenvalue weighted by Crippen LogP contribution is 2.10. The number of hydrogen-bond acceptors (Lipinski definition) is 4. The van der Waals surface area contributed by atoms with Crippen molar-refractivity contribution in [3.8, 4) is 5.75 Å². The van der Waals surface area contributed by atoms with E-state index in [0.29, 0.717) is 11.3 Å². The van der Waals surface area contributed by atoms with Gasteiger partial charge in [0.2, 0.25) is 0 Å². The Labute approximate surface area is 123 Å². The monoisotopic (exact) mass is 286 g/mol. The van der Waals surface area contributed by atoms with E-state index in [0.717, 1.165) is 5.69 Å². The largest absolute Gasteiger partial charge is 0.497 e. The van der Waals surface area contributed by atoms with Crippen LogP contribution in [0.4, 0.5) is 0 Å². The molecule has 1 amide bonds. The maximum absolute atomic E-state index is 11.9. The summed E-state index contributed by atoms with van der Waals surface area (Å²) in [5.41, 5.74) is 3.89. The molecular formula is C15H18N4O2. The van der Waals surface area contributed by atoms with Crippen LogP contribution in [0.5, 0.6) is 5.75 Å². The Morgan fingerprint density at radius 3 is 2.62 bits per heavy atom. The van der Waals surface area contributed by atoms with Crippen molar-refractivity contribution in [2.45, 2.75) is 0 Å². The van der Waals surface area contributed by atoms with Crippen LogP contribution in [0.3, 0.4) is 0 Å². The number of amides is 1. The van der Waals surface area contributed by atoms with Crippen LogP contribution in [0.1, 0.15) is 16.1 Å². The fraction of sp³-hybridized carbons (Fsp3) is 0.200. The Morgan fingerprint density at radius 2 is 2.00 bits per heavy atom. The quantitative estimate of drug-likeness (QED) is 0.668. The molecule has 0 spiro atoms. The molecule has 6 heteroatoms. The number of methoxy groups -OCH3 is 1. The molecule has 6 nitrogen and oxygen atoms in total. The summed E-state index contributed by atoms with van der Waals surface area (Å²) in [7, 11) is 5.43. The Kier molecular flexibility index (Phi) is 4.61. The minimum Gasteiger partial charge on any atom is -0.497 e. The highest BCUT2D eigenvalue weighted by molar-refractivity contribution is 5.94. The summed E-state index contributed by atoms with van der Waals surface area (Å²) in [4.78, 5) is 11.9. The van der Waals surface area contributed by atoms with Crippen LogP contribution >= 0.6 is 0 Å². The number of carbonyl (C=O) groups is 1. The molecule has 21 heavy (non-hydrogen) atoms. The molecule has 0 aliphatic carbocycles. The van der Waals surface area contributed by atoms with Gasteiger partial charge >= 0.3 is 0 Å². The van der Waals surface area contributed by atoms with Gasteiger partial charge in [-0.3, -0.25) is 9.47 Å². The van der Waals surface area contributed by atoms with Crippen molar-refractivity contribution in [2.24, 2.45) is 5.10 Å². The third-order valence-corrected chi connectivity index (χ3v) is 2.90. The first-order valence-corrected chi connectivity index (χ1v) is 6.44. The molecule has 0 fully saturated rings. The van der Waals surface area contributed by atoms with Crippen molar-refractivity contribution in [3.63, 3.8) is 0 Å². The lowest BCUT2D eigenvalue weighted by Gasteiger charge is -2.15. The summed E-state index contributed by atoms with van der Waals surface area (Å²) < 4.78 is 6.95. The lowest BCUT2D eigenvalue weighted by Crippen LogP contribution is -2.26. The van der Waals surface area contributed by atoms with Crippen molar-refractivity contribution in [3.05, 3.63) is 53.9 Å². The lowest BCUT2D eigenvalue weighted by molar-refractivity contribution is 0.0955. The fourth-order valence-electron chi connectivity index (χ4n) is 1.82. The zero-order valence-electron chi connectivity index (χ0n) is 12.3. The second-order valence-corrected chi connectivity index (χ2v) is 4.55. The maximum atomic E-state index is 11.9. The third-order valence-electron chi connectivity index (χ3n) is 2.90. The number of nitrogens with zero attached hydrogens (tertiary/aromatic N) is 3. The van der Waals surface area contributed by atoms with Gasteiger partial charge in [-0.15, -0.1) is 0 Å². The van der Waals surface area contributed by atoms with Crippen molar-refractivity contribution >= 4 is 12.1 Å². The first-order chi connectivity index (χ1) is 10.1. The summed E-state index contributed by atoms with van der Waals surface area (Å²) >= 11 is 0. The molecule has 0 aliphatic heterocycles. The standard InChI is InChI=1S/C15H18N4O2/c1-18(2)19-10-4-5-13(19)11-16-17-15(20)12-6-8-14(21-3)9-7-12/h4-11H,1-3H3,(H,17,20)/b16-11+. The van der Waals surface area contributed by atoms with Crippen LogP contribution in [-0.4, -0.2) is 38.0 Å². The van der Waals surface area contributed by atoms with Crippen LogP contribution in [0.2, 0.25) is 0 Å². The second-order valence-electron chi connectivity index (χ2n) is 4.55. The molecule has 1 N–H and O–H groups in total. The number of aromatic nitrogens is 1. The number of rotatable bonds is 5. The van der Waals surface area contributed by atoms with Gasteiger partial charge in [-0.25, -0.2) is 5.43 Å². The zero-order valence-corrected chi connectivity index (χ0v) is 12.3. The summed E-state index contributed by atoms with van der Waals surface area (Å²) in [5, 5.41) is 5.88. The number of nitrogens with one attached hydrogen (secondary N) is 1. The number of hydrogen-bond donors (Lipinski definition) is 1. The number of ether oxygens (including phenoxy) is 1. The van der Waals surface area contributed by atoms with Crippen LogP contribution in [0.25, 0.3) is 0 Å². The van der Waals surface area contributed by atoms with Crippen molar-refractivity contribution in [1.29, 1.82) is 0 Å². The Balaban J connectivity index is 1.99. The van der Waals surface area contributed by atoms with Crippen LogP contribution in [0.15, 0.2) is 47.7 Å². The predicted octanol–water partition coefficient (Wildman–Crippen LogP) is 1.46. The van der Waals surface area contributed by atoms with Gasteiger partial charge in [0.05, 0.1) is 19.0 Å². The van der Waals surface area contributed by atoms with Gasteiger partial charge in [-0.2, -0.15) is 5.10 Å². The molecule has 0 bridgehead atoms. The highest BCUT2D eigenvalue weighted by Gasteiger charge is 2.04. The molecule has 2 rings (SSSR count). The first kappa shape index (κ1) is 14.6. The molecule has 0 saturated heterocycles. The van der Waals surface area contributed by atoms with E-state index in [9.17, 15) is 4.79 Å². The minimum atomic E-state index is -0.267. The van der Waals surface area contributed by atoms with E-state index < -0.39 is 0 Å². The molecule has 1 aromatic heterocycles. The van der Waals surface area contributed by atoms with E-state index in [4.69, 9.17) is 4.74 Å². The summed E-state index contributed by atoms with van der Waals surface area (Å²) in [6, 6.07) is 10.7. The minimum absolute atomic E-state index is 0.267. The number of hydrazone groups is 1. The maximum Gasteiger partial charge on any atom is 0.271 e. The van der Waals surface area contributed by atoms with Crippen LogP contribution in [-0.2, 0) is 0 Å². The average Bonchev–Trinajstić information content (AvgIpc) is 2.96. The average molecular weight is 286 g/mol. The van der Waals surface area contributed by atoms with E-state index in [1.54, 1.807) is 37.6 Å². The first-order valence-electron chi connectivity index (χ1n) is 6.44. The highest BCUT2D eigenvalue weighted by atomic mass is 16.5. The second kappa shape index (κ2) is 6.60. The smallest absolute Gasteiger partial charge is 0.271 e. The zero-order chi connectivity index (χ0) is 15.2. The molecule has 0 unspecified atom stereocenters. The molecule has 0 aliphatic rings. The van der Waals surface area contributed by atoms with Crippen molar-refractivity contribution < 1.29 is 9.53 Å². The van der Waals surface area contributed by atoms with E-state index in [1.807, 2.05) is 42.1 Å². The third kappa shape index (κ3) is 3.62. The van der Waals surface area contributed by atoms with Gasteiger partial charge in [-0.05, 0) is 36.4 Å². The summed E-state index contributed by atoms with van der Waals surface area (Å²) in [5.74, 6) is 0.440. The van der Waals surface area contributed by atoms with Gasteiger partial charge in [0.1, 0.15) is 5.75 Å². The van der Waals surface area contributed by atoms with Crippen LogP contribution in [0, 0.1) is 0 Å². The van der Waals surface area contributed by atoms with Gasteiger partial charge in [0.25, 0.3) is 5.91 Å². The normalized spacial score (nSPS) is 10.6. The molecule has 0 saturated carbocycles. The Bertz CT molecular complexity index is 629. The summed E-state index contributed by atoms with van der Waals surface area (Å²) in [6.07, 6.45) is 3.51. The molecule has 2 aromatic rings. The summed E-state index contributed by atoms with van der Waals surface area (Å²) in [6.45, 7) is 0. The number of carbonyl (C=O) groups excluding carboxylic acids is 1. The molecule has 0 radical (unpaired) electrons. The van der Waals surface area contributed by atoms with E-state index in [1.165, 1.54) is 0 Å². The molecule has 0 atom stereocenters. The van der Waals surface area contributed by atoms with Gasteiger partial charge in [-0.1, -0.05) is 0 Å². The predicted molar refractivity (Wildman–Crippen MR) is 82.6 cm³/mol. The SMILES string of the molecule is COc1ccc(C(=O)N/N=C/c2cccn2N(C)C)cc1. The van der Waals surface area contributed by atoms with Gasteiger partial charge in [0, 0.05) is 25.9 Å². The number of benzene rings is 1. The topological polar surface area (TPSA) is 58.9 Å². The molecule has 1 aromatic carbocycles. The molecule has 1 heterocycles. The van der Waals surface area contributed by atoms with Gasteiger partial charge in [0.15, 0.2) is 0 Å². The van der Waals surface area contributed by atoms with E-state index >= 15 is 0 Å². The Hall–Kier alpha value is -2.76. The van der Waals surface area contributed by atoms with Crippen molar-refractivity contribution in [2.75, 3.05) is 26.2 Å². The van der Waals surface area contributed by atoms with E-state index in [-0.39, 0.29) is 5.91 Å². The van der Waals surface area contributed by atoms with Crippen molar-refractivity contribution in [1.82, 2.24) is 10.1 Å². The van der Waals surface area contributed by atoms with Gasteiger partial charge < -0.3 is 9.75 Å². The molecule has 110 valence electrons. The molecular weight excluding hydrogens is 268 g/mol.